The molecule has 216 valence electrons. The average molecular weight is 576 g/mol. The molecular formula is C25H31F2NO10S. The van der Waals surface area contributed by atoms with Gasteiger partial charge in [-0.3, -0.25) is 23.7 Å². The van der Waals surface area contributed by atoms with E-state index in [1.807, 2.05) is 0 Å². The molecule has 0 radical (unpaired) electrons. The Hall–Kier alpha value is -2.35. The first kappa shape index (κ1) is 26.9. The number of hydrogen-bond donors (Lipinski definition) is 2. The van der Waals surface area contributed by atoms with Gasteiger partial charge < -0.3 is 19.5 Å². The number of ether oxygens (including phenoxy) is 3. The lowest BCUT2D eigenvalue weighted by Gasteiger charge is -2.55. The van der Waals surface area contributed by atoms with Gasteiger partial charge in [-0.1, -0.05) is 0 Å². The minimum atomic E-state index is -5.75. The van der Waals surface area contributed by atoms with E-state index in [0.29, 0.717) is 24.2 Å². The monoisotopic (exact) mass is 575 g/mol. The summed E-state index contributed by atoms with van der Waals surface area (Å²) < 4.78 is 72.0. The third-order valence-electron chi connectivity index (χ3n) is 9.97. The Morgan fingerprint density at radius 1 is 1.05 bits per heavy atom. The van der Waals surface area contributed by atoms with Gasteiger partial charge in [-0.25, -0.2) is 0 Å². The first-order chi connectivity index (χ1) is 18.3. The molecule has 0 aromatic carbocycles. The van der Waals surface area contributed by atoms with Crippen LogP contribution in [0.4, 0.5) is 8.78 Å². The Morgan fingerprint density at radius 2 is 1.67 bits per heavy atom. The van der Waals surface area contributed by atoms with Gasteiger partial charge in [0.1, 0.15) is 12.2 Å². The molecule has 0 aromatic heterocycles. The second-order valence-corrected chi connectivity index (χ2v) is 13.9. The van der Waals surface area contributed by atoms with Gasteiger partial charge in [0.2, 0.25) is 5.91 Å². The van der Waals surface area contributed by atoms with Crippen LogP contribution in [0.5, 0.6) is 0 Å². The van der Waals surface area contributed by atoms with Crippen molar-refractivity contribution in [1.82, 2.24) is 5.32 Å². The fourth-order valence-corrected chi connectivity index (χ4v) is 9.04. The highest BCUT2D eigenvalue weighted by molar-refractivity contribution is 7.86. The molecular weight excluding hydrogens is 544 g/mol. The van der Waals surface area contributed by atoms with Crippen LogP contribution in [-0.4, -0.2) is 67.4 Å². The highest BCUT2D eigenvalue weighted by Crippen LogP contribution is 2.62. The predicted molar refractivity (Wildman–Crippen MR) is 124 cm³/mol. The lowest BCUT2D eigenvalue weighted by molar-refractivity contribution is -0.186. The molecule has 7 rings (SSSR count). The number of carbonyl (C=O) groups excluding carboxylic acids is 4. The lowest BCUT2D eigenvalue weighted by atomic mass is 9.49. The molecule has 2 N–H and O–H groups in total. The van der Waals surface area contributed by atoms with Crippen molar-refractivity contribution in [2.24, 2.45) is 46.8 Å². The molecule has 6 atom stereocenters. The molecule has 5 unspecified atom stereocenters. The highest BCUT2D eigenvalue weighted by Gasteiger charge is 2.70. The van der Waals surface area contributed by atoms with Gasteiger partial charge in [0.05, 0.1) is 23.7 Å². The summed E-state index contributed by atoms with van der Waals surface area (Å²) in [7, 11) is -5.75. The zero-order valence-electron chi connectivity index (χ0n) is 21.1. The molecule has 0 aromatic rings. The molecule has 11 nitrogen and oxygen atoms in total. The van der Waals surface area contributed by atoms with Crippen LogP contribution in [-0.2, 0) is 43.5 Å². The minimum Gasteiger partial charge on any atom is -0.458 e. The van der Waals surface area contributed by atoms with E-state index in [1.54, 1.807) is 0 Å². The summed E-state index contributed by atoms with van der Waals surface area (Å²) in [4.78, 5) is 51.1. The van der Waals surface area contributed by atoms with E-state index in [-0.39, 0.29) is 18.4 Å². The van der Waals surface area contributed by atoms with Crippen LogP contribution in [0.3, 0.4) is 0 Å². The van der Waals surface area contributed by atoms with Gasteiger partial charge in [-0.05, 0) is 62.7 Å². The van der Waals surface area contributed by atoms with E-state index in [4.69, 9.17) is 14.0 Å². The molecule has 0 spiro atoms. The standard InChI is InChI=1S/C25H31F2NO10S/c26-25(27,39(33,34)35)10-36-16(29)1-2-28-21(30)17-14-6-15-18(17)22(31)37-19(15)20(14)38-23(32)24-7-11-3-12(8-24)5-13(4-11)9-24/h11-15,17-20H,1-10H2,(H,28,30)(H,33,34,35)/t11?,12?,13?,14?,15-,17?,18?,19?,20?,24?/m0/s1. The van der Waals surface area contributed by atoms with E-state index in [1.165, 1.54) is 19.3 Å². The largest absolute Gasteiger partial charge is 0.458 e. The SMILES string of the molecule is O=C(CCNC(=O)C1C2C[C@@H]3C(OC(=O)C13)C2OC(=O)C12CC3CC(CC(C3)C1)C2)OCC(F)(F)S(=O)(=O)O. The Kier molecular flexibility index (Phi) is 6.25. The number of rotatable bonds is 9. The summed E-state index contributed by atoms with van der Waals surface area (Å²) >= 11 is 0. The van der Waals surface area contributed by atoms with Crippen molar-refractivity contribution in [1.29, 1.82) is 0 Å². The molecule has 6 bridgehead atoms. The number of fused-ring (bicyclic) bond motifs is 1. The first-order valence-corrected chi connectivity index (χ1v) is 14.9. The van der Waals surface area contributed by atoms with Gasteiger partial charge in [-0.15, -0.1) is 0 Å². The zero-order valence-corrected chi connectivity index (χ0v) is 21.9. The molecule has 14 heteroatoms. The van der Waals surface area contributed by atoms with E-state index < -0.39 is 81.6 Å². The molecule has 6 saturated carbocycles. The van der Waals surface area contributed by atoms with Crippen LogP contribution in [0.1, 0.15) is 51.4 Å². The maximum Gasteiger partial charge on any atom is 0.402 e. The third kappa shape index (κ3) is 4.41. The van der Waals surface area contributed by atoms with Gasteiger partial charge in [0, 0.05) is 18.4 Å². The van der Waals surface area contributed by atoms with Crippen LogP contribution >= 0.6 is 0 Å². The number of amides is 1. The number of esters is 3. The fourth-order valence-electron chi connectivity index (χ4n) is 8.83. The summed E-state index contributed by atoms with van der Waals surface area (Å²) in [5.41, 5.74) is -0.497. The molecule has 7 aliphatic rings. The Bertz CT molecular complexity index is 1170. The second-order valence-electron chi connectivity index (χ2n) is 12.4. The van der Waals surface area contributed by atoms with Crippen molar-refractivity contribution in [2.45, 2.75) is 68.8 Å². The molecule has 39 heavy (non-hydrogen) atoms. The smallest absolute Gasteiger partial charge is 0.402 e. The lowest BCUT2D eigenvalue weighted by Crippen LogP contribution is -2.53. The normalized spacial score (nSPS) is 41.4. The maximum absolute atomic E-state index is 13.6. The van der Waals surface area contributed by atoms with E-state index >= 15 is 0 Å². The van der Waals surface area contributed by atoms with Gasteiger partial charge >= 0.3 is 33.3 Å². The average Bonchev–Trinajstić information content (AvgIpc) is 3.45. The maximum atomic E-state index is 13.6. The Balaban J connectivity index is 1.06. The number of nitrogens with one attached hydrogen (secondary N) is 1. The molecule has 1 amide bonds. The fraction of sp³-hybridized carbons (Fsp3) is 0.840. The van der Waals surface area contributed by atoms with Crippen molar-refractivity contribution in [3.8, 4) is 0 Å². The van der Waals surface area contributed by atoms with Crippen LogP contribution in [0, 0.1) is 46.8 Å². The predicted octanol–water partition coefficient (Wildman–Crippen LogP) is 1.45. The summed E-state index contributed by atoms with van der Waals surface area (Å²) in [6.45, 7) is -2.18. The summed E-state index contributed by atoms with van der Waals surface area (Å²) in [6, 6.07) is 0. The number of carbonyl (C=O) groups is 4. The minimum absolute atomic E-state index is 0.248. The molecule has 1 aliphatic heterocycles. The van der Waals surface area contributed by atoms with Crippen LogP contribution < -0.4 is 5.32 Å². The number of hydrogen-bond acceptors (Lipinski definition) is 9. The van der Waals surface area contributed by atoms with Crippen LogP contribution in [0.2, 0.25) is 0 Å². The van der Waals surface area contributed by atoms with Crippen molar-refractivity contribution in [2.75, 3.05) is 13.2 Å². The van der Waals surface area contributed by atoms with E-state index in [0.717, 1.165) is 19.3 Å². The number of alkyl halides is 2. The quantitative estimate of drug-likeness (QED) is 0.234. The van der Waals surface area contributed by atoms with Gasteiger partial charge in [-0.2, -0.15) is 17.2 Å². The molecule has 1 saturated heterocycles. The highest BCUT2D eigenvalue weighted by atomic mass is 32.2. The van der Waals surface area contributed by atoms with Crippen molar-refractivity contribution in [3.05, 3.63) is 0 Å². The second kappa shape index (κ2) is 9.08. The molecule has 6 aliphatic carbocycles. The van der Waals surface area contributed by atoms with E-state index in [2.05, 4.69) is 10.1 Å². The molecule has 1 heterocycles. The summed E-state index contributed by atoms with van der Waals surface area (Å²) in [6.07, 6.45) is 4.62. The number of halogens is 2. The Morgan fingerprint density at radius 3 is 2.26 bits per heavy atom. The van der Waals surface area contributed by atoms with Crippen molar-refractivity contribution in [3.63, 3.8) is 0 Å². The topological polar surface area (TPSA) is 162 Å². The Labute approximate surface area is 223 Å². The molecule has 7 fully saturated rings. The van der Waals surface area contributed by atoms with Gasteiger partial charge in [0.15, 0.2) is 6.61 Å². The van der Waals surface area contributed by atoms with Crippen LogP contribution in [0.25, 0.3) is 0 Å². The van der Waals surface area contributed by atoms with E-state index in [9.17, 15) is 36.4 Å². The third-order valence-corrected chi connectivity index (χ3v) is 10.8. The summed E-state index contributed by atoms with van der Waals surface area (Å²) in [5, 5.41) is -2.15. The van der Waals surface area contributed by atoms with Gasteiger partial charge in [0.25, 0.3) is 0 Å². The van der Waals surface area contributed by atoms with Crippen molar-refractivity contribution >= 4 is 33.9 Å². The first-order valence-electron chi connectivity index (χ1n) is 13.5. The van der Waals surface area contributed by atoms with Crippen LogP contribution in [0.15, 0.2) is 0 Å². The zero-order chi connectivity index (χ0) is 27.9. The van der Waals surface area contributed by atoms with Crippen molar-refractivity contribution < 1.29 is 55.1 Å². The summed E-state index contributed by atoms with van der Waals surface area (Å²) in [5.74, 6) is -3.08.